The van der Waals surface area contributed by atoms with E-state index in [9.17, 15) is 0 Å². The van der Waals surface area contributed by atoms with Gasteiger partial charge in [-0.3, -0.25) is 0 Å². The number of aliphatic imine (C=N–C) groups is 1. The van der Waals surface area contributed by atoms with Crippen molar-refractivity contribution in [1.29, 1.82) is 0 Å². The first kappa shape index (κ1) is 5.87. The van der Waals surface area contributed by atoms with Gasteiger partial charge in [0.1, 0.15) is 0 Å². The summed E-state index contributed by atoms with van der Waals surface area (Å²) >= 11 is 1.92. The van der Waals surface area contributed by atoms with Crippen LogP contribution in [0.3, 0.4) is 0 Å². The highest BCUT2D eigenvalue weighted by atomic mass is 127. The van der Waals surface area contributed by atoms with Crippen LogP contribution in [0.2, 0.25) is 0 Å². The van der Waals surface area contributed by atoms with Crippen LogP contribution in [0.25, 0.3) is 0 Å². The molecule has 0 aliphatic carbocycles. The molecule has 0 aromatic heterocycles. The summed E-state index contributed by atoms with van der Waals surface area (Å²) in [6.45, 7) is 0. The molecule has 0 aromatic carbocycles. The molecule has 34 valence electrons. The minimum atomic E-state index is 1.05. The Balaban J connectivity index is 3.07. The third kappa shape index (κ3) is 3.87. The summed E-state index contributed by atoms with van der Waals surface area (Å²) in [7, 11) is 0. The quantitative estimate of drug-likeness (QED) is 0.219. The van der Waals surface area contributed by atoms with Gasteiger partial charge in [-0.25, -0.2) is 4.99 Å². The van der Waals surface area contributed by atoms with E-state index in [1.807, 2.05) is 22.6 Å². The zero-order chi connectivity index (χ0) is 4.83. The summed E-state index contributed by atoms with van der Waals surface area (Å²) in [6.07, 6.45) is 1.05. The predicted octanol–water partition coefficient (Wildman–Crippen LogP) is 0.867. The Labute approximate surface area is 48.9 Å². The van der Waals surface area contributed by atoms with Gasteiger partial charge in [-0.2, -0.15) is 0 Å². The molecule has 0 aromatic rings. The van der Waals surface area contributed by atoms with Crippen LogP contribution in [0.1, 0.15) is 0 Å². The smallest absolute Gasteiger partial charge is 0.154 e. The van der Waals surface area contributed by atoms with E-state index in [-0.39, 0.29) is 0 Å². The molecule has 0 spiro atoms. The van der Waals surface area contributed by atoms with Gasteiger partial charge in [-0.05, 0) is 22.6 Å². The molecule has 0 bridgehead atoms. The molecule has 1 N–H and O–H groups in total. The molecule has 4 heteroatoms. The van der Waals surface area contributed by atoms with Crippen LogP contribution in [-0.2, 0) is 0 Å². The minimum absolute atomic E-state index is 1.05. The van der Waals surface area contributed by atoms with Gasteiger partial charge in [0.15, 0.2) is 6.34 Å². The van der Waals surface area contributed by atoms with E-state index in [4.69, 9.17) is 5.21 Å². The molecular weight excluding hydrogens is 195 g/mol. The Morgan fingerprint density at radius 3 is 2.50 bits per heavy atom. The fraction of sp³-hybridized carbons (Fsp3) is 0. The summed E-state index contributed by atoms with van der Waals surface area (Å²) in [5.74, 6) is 0. The summed E-state index contributed by atoms with van der Waals surface area (Å²) < 4.78 is 1.50. The van der Waals surface area contributed by atoms with Crippen molar-refractivity contribution < 1.29 is 5.21 Å². The van der Waals surface area contributed by atoms with Crippen molar-refractivity contribution in [2.75, 3.05) is 0 Å². The molecule has 0 saturated carbocycles. The van der Waals surface area contributed by atoms with Crippen LogP contribution in [0.15, 0.2) is 10.1 Å². The van der Waals surface area contributed by atoms with Crippen molar-refractivity contribution in [3.63, 3.8) is 0 Å². The van der Waals surface area contributed by atoms with Gasteiger partial charge in [0.05, 0.1) is 4.22 Å². The number of nitrogens with zero attached hydrogens (tertiary/aromatic N) is 2. The van der Waals surface area contributed by atoms with Crippen molar-refractivity contribution in [3.8, 4) is 0 Å². The first-order valence-electron chi connectivity index (χ1n) is 1.19. The molecule has 0 fully saturated rings. The highest BCUT2D eigenvalue weighted by Crippen LogP contribution is 1.66. The number of hydrogen-bond acceptors (Lipinski definition) is 2. The molecule has 3 nitrogen and oxygen atoms in total. The maximum Gasteiger partial charge on any atom is 0.154 e. The molecule has 0 aliphatic rings. The van der Waals surface area contributed by atoms with Crippen LogP contribution in [0.5, 0.6) is 0 Å². The van der Waals surface area contributed by atoms with E-state index >= 15 is 0 Å². The summed E-state index contributed by atoms with van der Waals surface area (Å²) in [6, 6.07) is 0. The van der Waals surface area contributed by atoms with Crippen LogP contribution in [0.4, 0.5) is 0 Å². The maximum atomic E-state index is 7.65. The average Bonchev–Trinajstić information content (AvgIpc) is 1.61. The molecule has 0 radical (unpaired) electrons. The lowest BCUT2D eigenvalue weighted by Gasteiger charge is -1.62. The third-order valence-corrected chi connectivity index (χ3v) is 0.496. The van der Waals surface area contributed by atoms with Gasteiger partial charge >= 0.3 is 0 Å². The fourth-order valence-electron chi connectivity index (χ4n) is 0.0550. The molecule has 0 atom stereocenters. The van der Waals surface area contributed by atoms with Crippen LogP contribution < -0.4 is 0 Å². The van der Waals surface area contributed by atoms with Crippen molar-refractivity contribution in [3.05, 3.63) is 0 Å². The van der Waals surface area contributed by atoms with E-state index in [1.165, 1.54) is 4.22 Å². The zero-order valence-corrected chi connectivity index (χ0v) is 5.03. The molecule has 0 amide bonds. The molecule has 0 saturated heterocycles. The second-order valence-electron chi connectivity index (χ2n) is 0.478. The van der Waals surface area contributed by atoms with Crippen LogP contribution in [-0.4, -0.2) is 15.8 Å². The second kappa shape index (κ2) is 4.87. The second-order valence-corrected chi connectivity index (χ2v) is 1.03. The number of rotatable bonds is 1. The standard InChI is InChI=1S/C2H3IN2O/c3-1-4-2-5-6/h1-2,6H/b4-1-,5-2-. The Morgan fingerprint density at radius 1 is 1.67 bits per heavy atom. The van der Waals surface area contributed by atoms with Gasteiger partial charge < -0.3 is 5.21 Å². The first-order valence-corrected chi connectivity index (χ1v) is 2.44. The van der Waals surface area contributed by atoms with Crippen molar-refractivity contribution in [1.82, 2.24) is 0 Å². The zero-order valence-electron chi connectivity index (χ0n) is 2.87. The van der Waals surface area contributed by atoms with Crippen molar-refractivity contribution in [2.45, 2.75) is 0 Å². The first-order chi connectivity index (χ1) is 2.91. The lowest BCUT2D eigenvalue weighted by atomic mass is 11.3. The average molecular weight is 198 g/mol. The van der Waals surface area contributed by atoms with E-state index in [2.05, 4.69) is 10.1 Å². The van der Waals surface area contributed by atoms with Gasteiger partial charge in [-0.1, -0.05) is 5.16 Å². The third-order valence-electron chi connectivity index (χ3n) is 0.175. The SMILES string of the molecule is O/N=C\N=C/I. The van der Waals surface area contributed by atoms with Crippen molar-refractivity contribution >= 4 is 33.2 Å². The minimum Gasteiger partial charge on any atom is -0.410 e. The molecular formula is C2H3IN2O. The van der Waals surface area contributed by atoms with E-state index in [0.717, 1.165) is 6.34 Å². The molecule has 0 aliphatic heterocycles. The molecule has 6 heavy (non-hydrogen) atoms. The Hall–Kier alpha value is -0.130. The topological polar surface area (TPSA) is 45.0 Å². The molecule has 0 heterocycles. The summed E-state index contributed by atoms with van der Waals surface area (Å²) in [5.41, 5.74) is 0. The van der Waals surface area contributed by atoms with Crippen molar-refractivity contribution in [2.24, 2.45) is 10.1 Å². The van der Waals surface area contributed by atoms with Gasteiger partial charge in [0, 0.05) is 0 Å². The Morgan fingerprint density at radius 2 is 2.33 bits per heavy atom. The van der Waals surface area contributed by atoms with E-state index in [0.29, 0.717) is 0 Å². The molecule has 0 rings (SSSR count). The normalized spacial score (nSPS) is 11.5. The van der Waals surface area contributed by atoms with Crippen LogP contribution >= 0.6 is 22.6 Å². The lowest BCUT2D eigenvalue weighted by Crippen LogP contribution is -1.59. The van der Waals surface area contributed by atoms with Gasteiger partial charge in [0.2, 0.25) is 0 Å². The largest absolute Gasteiger partial charge is 0.410 e. The predicted molar refractivity (Wildman–Crippen MR) is 32.8 cm³/mol. The van der Waals surface area contributed by atoms with Gasteiger partial charge in [0.25, 0.3) is 0 Å². The fourth-order valence-corrected chi connectivity index (χ4v) is 0.199. The number of halogens is 1. The Bertz CT molecular complexity index is 59.9. The highest BCUT2D eigenvalue weighted by Gasteiger charge is 1.52. The summed E-state index contributed by atoms with van der Waals surface area (Å²) in [5, 5.41) is 10.2. The van der Waals surface area contributed by atoms with Crippen LogP contribution in [0, 0.1) is 0 Å². The number of hydrogen-bond donors (Lipinski definition) is 1. The van der Waals surface area contributed by atoms with Gasteiger partial charge in [-0.15, -0.1) is 0 Å². The molecule has 0 unspecified atom stereocenters. The monoisotopic (exact) mass is 198 g/mol. The lowest BCUT2D eigenvalue weighted by molar-refractivity contribution is 0.321. The number of oxime groups is 1. The highest BCUT2D eigenvalue weighted by molar-refractivity contribution is 14.1. The maximum absolute atomic E-state index is 7.65. The van der Waals surface area contributed by atoms with E-state index < -0.39 is 0 Å². The summed E-state index contributed by atoms with van der Waals surface area (Å²) in [4.78, 5) is 3.41. The Kier molecular flexibility index (Phi) is 4.76. The van der Waals surface area contributed by atoms with E-state index in [1.54, 1.807) is 0 Å².